The van der Waals surface area contributed by atoms with Crippen LogP contribution in [0.5, 0.6) is 0 Å². The summed E-state index contributed by atoms with van der Waals surface area (Å²) >= 11 is 1.49. The minimum absolute atomic E-state index is 0. The van der Waals surface area contributed by atoms with Gasteiger partial charge in [-0.05, 0) is 12.3 Å². The van der Waals surface area contributed by atoms with E-state index in [1.54, 1.807) is 16.7 Å². The largest absolute Gasteiger partial charge is 0.327 e. The Bertz CT molecular complexity index is 641. The van der Waals surface area contributed by atoms with Gasteiger partial charge in [-0.25, -0.2) is 4.98 Å². The molecule has 7 heteroatoms. The molecular formula is C13H19ClN4OS. The van der Waals surface area contributed by atoms with Gasteiger partial charge in [0.1, 0.15) is 0 Å². The van der Waals surface area contributed by atoms with Crippen molar-refractivity contribution < 1.29 is 0 Å². The van der Waals surface area contributed by atoms with Crippen LogP contribution in [0.25, 0.3) is 4.96 Å². The number of hydrogen-bond acceptors (Lipinski definition) is 5. The second-order valence-corrected chi connectivity index (χ2v) is 6.18. The van der Waals surface area contributed by atoms with Crippen LogP contribution in [0.3, 0.4) is 0 Å². The molecule has 0 aliphatic carbocycles. The van der Waals surface area contributed by atoms with Crippen molar-refractivity contribution in [2.24, 2.45) is 11.7 Å². The molecule has 2 aromatic rings. The quantitative estimate of drug-likeness (QED) is 0.909. The molecule has 2 atom stereocenters. The van der Waals surface area contributed by atoms with Crippen LogP contribution in [0.2, 0.25) is 0 Å². The van der Waals surface area contributed by atoms with Crippen LogP contribution >= 0.6 is 23.7 Å². The molecular weight excluding hydrogens is 296 g/mol. The lowest BCUT2D eigenvalue weighted by atomic mass is 9.95. The Kier molecular flexibility index (Phi) is 4.80. The van der Waals surface area contributed by atoms with Crippen LogP contribution in [0.4, 0.5) is 0 Å². The Labute approximate surface area is 127 Å². The highest BCUT2D eigenvalue weighted by Gasteiger charge is 2.23. The number of nitrogens with two attached hydrogens (primary N) is 1. The summed E-state index contributed by atoms with van der Waals surface area (Å²) in [7, 11) is 0. The zero-order valence-electron chi connectivity index (χ0n) is 11.4. The molecule has 3 rings (SSSR count). The second kappa shape index (κ2) is 6.22. The second-order valence-electron chi connectivity index (χ2n) is 5.31. The van der Waals surface area contributed by atoms with Gasteiger partial charge in [0.25, 0.3) is 5.56 Å². The normalized spacial score (nSPS) is 23.7. The van der Waals surface area contributed by atoms with Crippen LogP contribution in [0, 0.1) is 5.92 Å². The average molecular weight is 315 g/mol. The molecule has 2 N–H and O–H groups in total. The van der Waals surface area contributed by atoms with Crippen molar-refractivity contribution in [1.82, 2.24) is 14.3 Å². The van der Waals surface area contributed by atoms with Crippen molar-refractivity contribution in [3.8, 4) is 0 Å². The highest BCUT2D eigenvalue weighted by Crippen LogP contribution is 2.17. The Morgan fingerprint density at radius 1 is 1.55 bits per heavy atom. The highest BCUT2D eigenvalue weighted by atomic mass is 35.5. The van der Waals surface area contributed by atoms with E-state index in [4.69, 9.17) is 5.73 Å². The lowest BCUT2D eigenvalue weighted by molar-refractivity contribution is 0.156. The Balaban J connectivity index is 0.00000147. The number of hydrogen-bond donors (Lipinski definition) is 1. The predicted molar refractivity (Wildman–Crippen MR) is 83.6 cm³/mol. The van der Waals surface area contributed by atoms with Crippen molar-refractivity contribution in [1.29, 1.82) is 0 Å². The molecule has 110 valence electrons. The molecule has 2 aromatic heterocycles. The zero-order chi connectivity index (χ0) is 13.4. The fraction of sp³-hybridized carbons (Fsp3) is 0.538. The van der Waals surface area contributed by atoms with Gasteiger partial charge in [0.2, 0.25) is 0 Å². The summed E-state index contributed by atoms with van der Waals surface area (Å²) < 4.78 is 1.59. The SMILES string of the molecule is CC1CN(Cc2cc(=O)n3ccsc3n2)CCC1N.Cl. The predicted octanol–water partition coefficient (Wildman–Crippen LogP) is 1.35. The van der Waals surface area contributed by atoms with Crippen LogP contribution in [0.1, 0.15) is 19.0 Å². The zero-order valence-corrected chi connectivity index (χ0v) is 13.0. The fourth-order valence-corrected chi connectivity index (χ4v) is 3.33. The molecule has 5 nitrogen and oxygen atoms in total. The Morgan fingerprint density at radius 2 is 2.35 bits per heavy atom. The lowest BCUT2D eigenvalue weighted by Crippen LogP contribution is -2.45. The van der Waals surface area contributed by atoms with Crippen molar-refractivity contribution >= 4 is 28.7 Å². The van der Waals surface area contributed by atoms with Crippen molar-refractivity contribution in [2.45, 2.75) is 25.9 Å². The van der Waals surface area contributed by atoms with E-state index in [1.807, 2.05) is 5.38 Å². The van der Waals surface area contributed by atoms with E-state index in [0.29, 0.717) is 12.0 Å². The molecule has 1 aliphatic rings. The van der Waals surface area contributed by atoms with Gasteiger partial charge in [0, 0.05) is 43.3 Å². The topological polar surface area (TPSA) is 63.6 Å². The van der Waals surface area contributed by atoms with E-state index in [-0.39, 0.29) is 18.0 Å². The summed E-state index contributed by atoms with van der Waals surface area (Å²) in [5.41, 5.74) is 6.88. The minimum Gasteiger partial charge on any atom is -0.327 e. The maximum absolute atomic E-state index is 11.9. The van der Waals surface area contributed by atoms with Gasteiger partial charge < -0.3 is 5.73 Å². The maximum Gasteiger partial charge on any atom is 0.258 e. The number of fused-ring (bicyclic) bond motifs is 1. The first-order chi connectivity index (χ1) is 9.13. The van der Waals surface area contributed by atoms with Gasteiger partial charge in [-0.3, -0.25) is 14.1 Å². The molecule has 2 unspecified atom stereocenters. The smallest absolute Gasteiger partial charge is 0.258 e. The molecule has 0 amide bonds. The van der Waals surface area contributed by atoms with Gasteiger partial charge in [-0.2, -0.15) is 0 Å². The first kappa shape index (κ1) is 15.4. The lowest BCUT2D eigenvalue weighted by Gasteiger charge is -2.34. The van der Waals surface area contributed by atoms with Crippen LogP contribution in [0.15, 0.2) is 22.4 Å². The molecule has 1 saturated heterocycles. The van der Waals surface area contributed by atoms with E-state index in [2.05, 4.69) is 16.8 Å². The molecule has 0 radical (unpaired) electrons. The van der Waals surface area contributed by atoms with Crippen LogP contribution < -0.4 is 11.3 Å². The first-order valence-electron chi connectivity index (χ1n) is 6.57. The summed E-state index contributed by atoms with van der Waals surface area (Å²) in [6.07, 6.45) is 2.78. The third-order valence-corrected chi connectivity index (χ3v) is 4.55. The van der Waals surface area contributed by atoms with Crippen molar-refractivity contribution in [3.05, 3.63) is 33.7 Å². The highest BCUT2D eigenvalue weighted by molar-refractivity contribution is 7.15. The molecule has 0 aromatic carbocycles. The summed E-state index contributed by atoms with van der Waals surface area (Å²) in [6, 6.07) is 1.94. The van der Waals surface area contributed by atoms with E-state index in [0.717, 1.165) is 36.7 Å². The number of thiazole rings is 1. The summed E-state index contributed by atoms with van der Waals surface area (Å²) in [4.78, 5) is 19.6. The third kappa shape index (κ3) is 3.03. The van der Waals surface area contributed by atoms with Crippen LogP contribution in [-0.4, -0.2) is 33.4 Å². The summed E-state index contributed by atoms with van der Waals surface area (Å²) in [5.74, 6) is 0.500. The monoisotopic (exact) mass is 314 g/mol. The molecule has 0 bridgehead atoms. The molecule has 0 saturated carbocycles. The van der Waals surface area contributed by atoms with E-state index in [9.17, 15) is 4.79 Å². The third-order valence-electron chi connectivity index (χ3n) is 3.80. The van der Waals surface area contributed by atoms with Crippen molar-refractivity contribution in [3.63, 3.8) is 0 Å². The first-order valence-corrected chi connectivity index (χ1v) is 7.45. The summed E-state index contributed by atoms with van der Waals surface area (Å²) in [5, 5.41) is 1.88. The van der Waals surface area contributed by atoms with E-state index >= 15 is 0 Å². The average Bonchev–Trinajstić information content (AvgIpc) is 2.82. The van der Waals surface area contributed by atoms with Gasteiger partial charge in [0.05, 0.1) is 5.69 Å². The van der Waals surface area contributed by atoms with E-state index < -0.39 is 0 Å². The Hall–Kier alpha value is -0.950. The molecule has 1 fully saturated rings. The number of aromatic nitrogens is 2. The van der Waals surface area contributed by atoms with Gasteiger partial charge in [-0.15, -0.1) is 23.7 Å². The van der Waals surface area contributed by atoms with Gasteiger partial charge in [0.15, 0.2) is 4.96 Å². The molecule has 3 heterocycles. The van der Waals surface area contributed by atoms with Gasteiger partial charge >= 0.3 is 0 Å². The number of halogens is 1. The maximum atomic E-state index is 11.9. The molecule has 1 aliphatic heterocycles. The number of rotatable bonds is 2. The molecule has 20 heavy (non-hydrogen) atoms. The summed E-state index contributed by atoms with van der Waals surface area (Å²) in [6.45, 7) is 4.88. The standard InChI is InChI=1S/C13H18N4OS.ClH/c1-9-7-16(3-2-11(9)14)8-10-6-12(18)17-4-5-19-13(17)15-10;/h4-6,9,11H,2-3,7-8,14H2,1H3;1H. The number of piperidine rings is 1. The van der Waals surface area contributed by atoms with Crippen molar-refractivity contribution in [2.75, 3.05) is 13.1 Å². The van der Waals surface area contributed by atoms with Gasteiger partial charge in [-0.1, -0.05) is 6.92 Å². The van der Waals surface area contributed by atoms with Crippen LogP contribution in [-0.2, 0) is 6.54 Å². The fourth-order valence-electron chi connectivity index (χ4n) is 2.59. The minimum atomic E-state index is 0. The van der Waals surface area contributed by atoms with E-state index in [1.165, 1.54) is 11.3 Å². The number of likely N-dealkylation sites (tertiary alicyclic amines) is 1. The number of nitrogens with zero attached hydrogens (tertiary/aromatic N) is 3. The Morgan fingerprint density at radius 3 is 3.10 bits per heavy atom. The molecule has 0 spiro atoms.